The van der Waals surface area contributed by atoms with E-state index in [0.717, 1.165) is 29.2 Å². The fourth-order valence-electron chi connectivity index (χ4n) is 5.78. The fourth-order valence-corrected chi connectivity index (χ4v) is 5.78. The van der Waals surface area contributed by atoms with E-state index >= 15 is 0 Å². The van der Waals surface area contributed by atoms with Crippen molar-refractivity contribution in [1.29, 1.82) is 0 Å². The summed E-state index contributed by atoms with van der Waals surface area (Å²) in [4.78, 5) is 0. The maximum Gasteiger partial charge on any atom is 0.0249 e. The van der Waals surface area contributed by atoms with Crippen LogP contribution >= 0.6 is 0 Å². The first-order valence-corrected chi connectivity index (χ1v) is 13.6. The molecule has 1 aromatic rings. The number of unbranched alkanes of at least 4 members (excludes halogenated alkanes) is 3. The zero-order valence-corrected chi connectivity index (χ0v) is 20.4. The minimum Gasteiger partial charge on any atom is -0.0730 e. The lowest BCUT2D eigenvalue weighted by atomic mass is 9.77. The van der Waals surface area contributed by atoms with Gasteiger partial charge < -0.3 is 0 Å². The van der Waals surface area contributed by atoms with Crippen molar-refractivity contribution in [2.75, 3.05) is 0 Å². The molecular formula is C31H46. The molecule has 0 heteroatoms. The van der Waals surface area contributed by atoms with Crippen molar-refractivity contribution in [3.8, 4) is 11.8 Å². The molecule has 2 aliphatic carbocycles. The molecule has 3 rings (SSSR count). The van der Waals surface area contributed by atoms with E-state index in [9.17, 15) is 0 Å². The zero-order chi connectivity index (χ0) is 21.7. The first-order valence-electron chi connectivity index (χ1n) is 13.6. The highest BCUT2D eigenvalue weighted by Gasteiger charge is 2.22. The van der Waals surface area contributed by atoms with Gasteiger partial charge in [0, 0.05) is 5.56 Å². The topological polar surface area (TPSA) is 0 Å². The van der Waals surface area contributed by atoms with Crippen LogP contribution in [-0.2, 0) is 0 Å². The summed E-state index contributed by atoms with van der Waals surface area (Å²) in [5.74, 6) is 10.2. The molecular weight excluding hydrogens is 372 g/mol. The Balaban J connectivity index is 1.38. The van der Waals surface area contributed by atoms with Crippen molar-refractivity contribution in [2.45, 2.75) is 116 Å². The van der Waals surface area contributed by atoms with E-state index in [1.807, 2.05) is 0 Å². The predicted molar refractivity (Wildman–Crippen MR) is 136 cm³/mol. The highest BCUT2D eigenvalue weighted by molar-refractivity contribution is 5.39. The van der Waals surface area contributed by atoms with Gasteiger partial charge in [-0.15, -0.1) is 0 Å². The number of benzene rings is 1. The van der Waals surface area contributed by atoms with Crippen LogP contribution in [0.3, 0.4) is 0 Å². The molecule has 0 atom stereocenters. The molecule has 0 unspecified atom stereocenters. The maximum absolute atomic E-state index is 3.35. The zero-order valence-electron chi connectivity index (χ0n) is 20.4. The Hall–Kier alpha value is -1.48. The van der Waals surface area contributed by atoms with Gasteiger partial charge in [0.2, 0.25) is 0 Å². The highest BCUT2D eigenvalue weighted by atomic mass is 14.3. The number of rotatable bonds is 9. The van der Waals surface area contributed by atoms with Gasteiger partial charge in [-0.05, 0) is 98.8 Å². The number of allylic oxidation sites excluding steroid dienone is 2. The van der Waals surface area contributed by atoms with Crippen LogP contribution in [0.1, 0.15) is 127 Å². The van der Waals surface area contributed by atoms with Gasteiger partial charge in [-0.3, -0.25) is 0 Å². The lowest BCUT2D eigenvalue weighted by Gasteiger charge is -2.29. The van der Waals surface area contributed by atoms with Crippen molar-refractivity contribution >= 4 is 0 Å². The summed E-state index contributed by atoms with van der Waals surface area (Å²) in [7, 11) is 0. The van der Waals surface area contributed by atoms with E-state index in [1.54, 1.807) is 0 Å². The third kappa shape index (κ3) is 8.52. The average molecular weight is 419 g/mol. The number of hydrogen-bond acceptors (Lipinski definition) is 0. The highest BCUT2D eigenvalue weighted by Crippen LogP contribution is 2.37. The van der Waals surface area contributed by atoms with Crippen LogP contribution in [0.4, 0.5) is 0 Å². The second-order valence-electron chi connectivity index (χ2n) is 10.4. The summed E-state index contributed by atoms with van der Waals surface area (Å²) in [6.07, 6.45) is 25.5. The van der Waals surface area contributed by atoms with Gasteiger partial charge in [-0.1, -0.05) is 88.8 Å². The molecule has 31 heavy (non-hydrogen) atoms. The fraction of sp³-hybridized carbons (Fsp3) is 0.677. The second kappa shape index (κ2) is 13.8. The summed E-state index contributed by atoms with van der Waals surface area (Å²) < 4.78 is 0. The van der Waals surface area contributed by atoms with Crippen LogP contribution < -0.4 is 0 Å². The summed E-state index contributed by atoms with van der Waals surface area (Å²) in [5, 5.41) is 0. The molecule has 0 amide bonds. The predicted octanol–water partition coefficient (Wildman–Crippen LogP) is 9.44. The van der Waals surface area contributed by atoms with Crippen LogP contribution in [0.15, 0.2) is 36.4 Å². The molecule has 0 aliphatic heterocycles. The van der Waals surface area contributed by atoms with Gasteiger partial charge in [0.1, 0.15) is 0 Å². The normalized spacial score (nSPS) is 26.5. The van der Waals surface area contributed by atoms with Crippen molar-refractivity contribution in [2.24, 2.45) is 17.8 Å². The van der Waals surface area contributed by atoms with Crippen molar-refractivity contribution < 1.29 is 0 Å². The van der Waals surface area contributed by atoms with Crippen molar-refractivity contribution in [3.63, 3.8) is 0 Å². The summed E-state index contributed by atoms with van der Waals surface area (Å²) in [5.41, 5.74) is 2.69. The average Bonchev–Trinajstić information content (AvgIpc) is 2.82. The second-order valence-corrected chi connectivity index (χ2v) is 10.4. The third-order valence-corrected chi connectivity index (χ3v) is 7.97. The van der Waals surface area contributed by atoms with E-state index in [-0.39, 0.29) is 0 Å². The van der Waals surface area contributed by atoms with Gasteiger partial charge in [-0.2, -0.15) is 0 Å². The molecule has 2 fully saturated rings. The molecule has 0 spiro atoms. The van der Waals surface area contributed by atoms with Crippen LogP contribution in [0.25, 0.3) is 0 Å². The van der Waals surface area contributed by atoms with Gasteiger partial charge in [0.05, 0.1) is 0 Å². The maximum atomic E-state index is 3.35. The van der Waals surface area contributed by atoms with Crippen molar-refractivity contribution in [1.82, 2.24) is 0 Å². The molecule has 0 aromatic heterocycles. The molecule has 2 aliphatic rings. The van der Waals surface area contributed by atoms with Crippen molar-refractivity contribution in [3.05, 3.63) is 47.5 Å². The van der Waals surface area contributed by atoms with Crippen LogP contribution in [0.5, 0.6) is 0 Å². The Morgan fingerprint density at radius 1 is 0.742 bits per heavy atom. The molecule has 0 bridgehead atoms. The summed E-state index contributed by atoms with van der Waals surface area (Å²) in [6, 6.07) is 9.16. The third-order valence-electron chi connectivity index (χ3n) is 7.97. The van der Waals surface area contributed by atoms with E-state index < -0.39 is 0 Å². The van der Waals surface area contributed by atoms with E-state index in [2.05, 4.69) is 62.1 Å². The Bertz CT molecular complexity index is 682. The standard InChI is InChI=1S/C31H46/c1-3-5-7-11-28-18-22-30(23-19-28)31-24-20-29(21-25-31)13-9-8-12-27-16-14-26(15-17-27)10-6-4-2/h8,12,20-21,24-28,30H,3-7,10-11,14-19,22-23H2,1-2H3/t26-,27-,28-,30-. The van der Waals surface area contributed by atoms with Gasteiger partial charge in [0.25, 0.3) is 0 Å². The molecule has 170 valence electrons. The van der Waals surface area contributed by atoms with E-state index in [4.69, 9.17) is 0 Å². The molecule has 2 saturated carbocycles. The smallest absolute Gasteiger partial charge is 0.0249 e. The first-order chi connectivity index (χ1) is 15.3. The quantitative estimate of drug-likeness (QED) is 0.277. The largest absolute Gasteiger partial charge is 0.0730 e. The number of hydrogen-bond donors (Lipinski definition) is 0. The van der Waals surface area contributed by atoms with Gasteiger partial charge in [-0.25, -0.2) is 0 Å². The molecule has 0 N–H and O–H groups in total. The first kappa shape index (κ1) is 24.2. The van der Waals surface area contributed by atoms with Crippen LogP contribution in [0.2, 0.25) is 0 Å². The summed E-state index contributed by atoms with van der Waals surface area (Å²) in [6.45, 7) is 4.61. The molecule has 0 heterocycles. The van der Waals surface area contributed by atoms with E-state index in [0.29, 0.717) is 0 Å². The Morgan fingerprint density at radius 3 is 2.00 bits per heavy atom. The monoisotopic (exact) mass is 418 g/mol. The minimum atomic E-state index is 0.756. The Kier molecular flexibility index (Phi) is 10.8. The van der Waals surface area contributed by atoms with Gasteiger partial charge >= 0.3 is 0 Å². The van der Waals surface area contributed by atoms with Crippen LogP contribution in [0, 0.1) is 29.6 Å². The summed E-state index contributed by atoms with van der Waals surface area (Å²) >= 11 is 0. The molecule has 1 aromatic carbocycles. The minimum absolute atomic E-state index is 0.756. The Labute approximate surface area is 193 Å². The van der Waals surface area contributed by atoms with Gasteiger partial charge in [0.15, 0.2) is 0 Å². The van der Waals surface area contributed by atoms with Crippen LogP contribution in [-0.4, -0.2) is 0 Å². The van der Waals surface area contributed by atoms with E-state index in [1.165, 1.54) is 102 Å². The molecule has 0 saturated heterocycles. The Morgan fingerprint density at radius 2 is 1.35 bits per heavy atom. The molecule has 0 nitrogen and oxygen atoms in total. The lowest BCUT2D eigenvalue weighted by molar-refractivity contribution is 0.291. The lowest BCUT2D eigenvalue weighted by Crippen LogP contribution is -2.13. The molecule has 0 radical (unpaired) electrons. The SMILES string of the molecule is CCCCC[C@H]1CC[C@H](c2ccc(C#CC=C[C@H]3CC[C@H](CCCC)CC3)cc2)CC1.